The van der Waals surface area contributed by atoms with Crippen LogP contribution in [0.25, 0.3) is 11.3 Å². The third-order valence-electron chi connectivity index (χ3n) is 2.89. The zero-order chi connectivity index (χ0) is 15.4. The van der Waals surface area contributed by atoms with Gasteiger partial charge in [-0.15, -0.1) is 0 Å². The molecule has 0 spiro atoms. The zero-order valence-electron chi connectivity index (χ0n) is 11.9. The van der Waals surface area contributed by atoms with Crippen molar-refractivity contribution in [3.63, 3.8) is 0 Å². The summed E-state index contributed by atoms with van der Waals surface area (Å²) in [5.74, 6) is -0.338. The van der Waals surface area contributed by atoms with Gasteiger partial charge in [0.15, 0.2) is 5.69 Å². The summed E-state index contributed by atoms with van der Waals surface area (Å²) in [7, 11) is 0. The summed E-state index contributed by atoms with van der Waals surface area (Å²) >= 11 is 0. The van der Waals surface area contributed by atoms with Gasteiger partial charge >= 0.3 is 0 Å². The molecule has 3 N–H and O–H groups in total. The Morgan fingerprint density at radius 2 is 2.14 bits per heavy atom. The number of carbonyl (C=O) groups excluding carboxylic acids is 1. The SMILES string of the molecule is CC(C)CCOc1cc(F)cc(-c2n[nH]nc2C(N)=O)c1. The number of amides is 1. The second-order valence-corrected chi connectivity index (χ2v) is 5.09. The Kier molecular flexibility index (Phi) is 4.52. The fourth-order valence-electron chi connectivity index (χ4n) is 1.80. The molecular weight excluding hydrogens is 275 g/mol. The van der Waals surface area contributed by atoms with Crippen molar-refractivity contribution in [2.45, 2.75) is 20.3 Å². The maximum Gasteiger partial charge on any atom is 0.271 e. The minimum Gasteiger partial charge on any atom is -0.493 e. The van der Waals surface area contributed by atoms with E-state index in [9.17, 15) is 9.18 Å². The van der Waals surface area contributed by atoms with Gasteiger partial charge < -0.3 is 10.5 Å². The Labute approximate surface area is 121 Å². The first-order chi connectivity index (χ1) is 9.97. The highest BCUT2D eigenvalue weighted by Crippen LogP contribution is 2.26. The standard InChI is InChI=1S/C14H17FN4O2/c1-8(2)3-4-21-11-6-9(5-10(15)7-11)12-13(14(16)20)18-19-17-12/h5-8H,3-4H2,1-2H3,(H2,16,20)(H,17,18,19). The number of H-pyrrole nitrogens is 1. The first-order valence-corrected chi connectivity index (χ1v) is 6.61. The first kappa shape index (κ1) is 15.0. The fraction of sp³-hybridized carbons (Fsp3) is 0.357. The average molecular weight is 292 g/mol. The number of halogens is 1. The van der Waals surface area contributed by atoms with E-state index in [1.54, 1.807) is 6.07 Å². The highest BCUT2D eigenvalue weighted by Gasteiger charge is 2.16. The molecule has 0 bridgehead atoms. The molecule has 0 unspecified atom stereocenters. The van der Waals surface area contributed by atoms with E-state index < -0.39 is 11.7 Å². The highest BCUT2D eigenvalue weighted by molar-refractivity contribution is 5.96. The number of aromatic amines is 1. The van der Waals surface area contributed by atoms with Crippen LogP contribution >= 0.6 is 0 Å². The number of hydrogen-bond donors (Lipinski definition) is 2. The van der Waals surface area contributed by atoms with E-state index in [-0.39, 0.29) is 11.4 Å². The molecule has 0 saturated carbocycles. The second-order valence-electron chi connectivity index (χ2n) is 5.09. The molecule has 0 aliphatic carbocycles. The lowest BCUT2D eigenvalue weighted by atomic mass is 10.1. The zero-order valence-corrected chi connectivity index (χ0v) is 11.9. The number of ether oxygens (including phenoxy) is 1. The Balaban J connectivity index is 2.26. The Hall–Kier alpha value is -2.44. The maximum atomic E-state index is 13.7. The van der Waals surface area contributed by atoms with Crippen LogP contribution < -0.4 is 10.5 Å². The van der Waals surface area contributed by atoms with E-state index in [0.29, 0.717) is 23.8 Å². The lowest BCUT2D eigenvalue weighted by Gasteiger charge is -2.09. The molecule has 112 valence electrons. The van der Waals surface area contributed by atoms with Gasteiger partial charge in [-0.1, -0.05) is 13.8 Å². The lowest BCUT2D eigenvalue weighted by Crippen LogP contribution is -2.12. The third-order valence-corrected chi connectivity index (χ3v) is 2.89. The van der Waals surface area contributed by atoms with Gasteiger partial charge in [0, 0.05) is 11.6 Å². The topological polar surface area (TPSA) is 93.9 Å². The highest BCUT2D eigenvalue weighted by atomic mass is 19.1. The molecule has 2 rings (SSSR count). The maximum absolute atomic E-state index is 13.7. The average Bonchev–Trinajstić information content (AvgIpc) is 2.86. The summed E-state index contributed by atoms with van der Waals surface area (Å²) in [6.07, 6.45) is 0.863. The summed E-state index contributed by atoms with van der Waals surface area (Å²) in [6, 6.07) is 4.14. The van der Waals surface area contributed by atoms with Crippen LogP contribution in [0, 0.1) is 11.7 Å². The summed E-state index contributed by atoms with van der Waals surface area (Å²) in [5.41, 5.74) is 5.76. The normalized spacial score (nSPS) is 10.9. The van der Waals surface area contributed by atoms with Gasteiger partial charge in [-0.05, 0) is 24.5 Å². The Morgan fingerprint density at radius 1 is 1.38 bits per heavy atom. The van der Waals surface area contributed by atoms with Crippen molar-refractivity contribution in [3.05, 3.63) is 29.7 Å². The van der Waals surface area contributed by atoms with E-state index in [0.717, 1.165) is 6.42 Å². The smallest absolute Gasteiger partial charge is 0.271 e. The predicted octanol–water partition coefficient (Wildman–Crippen LogP) is 2.13. The van der Waals surface area contributed by atoms with Crippen LogP contribution in [0.1, 0.15) is 30.8 Å². The molecule has 7 heteroatoms. The van der Waals surface area contributed by atoms with Gasteiger partial charge in [0.25, 0.3) is 5.91 Å². The van der Waals surface area contributed by atoms with Crippen LogP contribution in [0.2, 0.25) is 0 Å². The number of nitrogens with zero attached hydrogens (tertiary/aromatic N) is 2. The largest absolute Gasteiger partial charge is 0.493 e. The van der Waals surface area contributed by atoms with Crippen molar-refractivity contribution < 1.29 is 13.9 Å². The number of rotatable bonds is 6. The summed E-state index contributed by atoms with van der Waals surface area (Å²) < 4.78 is 19.2. The number of hydrogen-bond acceptors (Lipinski definition) is 4. The molecule has 2 aromatic rings. The predicted molar refractivity (Wildman–Crippen MR) is 75.2 cm³/mol. The molecule has 1 aromatic heterocycles. The molecule has 0 saturated heterocycles. The first-order valence-electron chi connectivity index (χ1n) is 6.61. The van der Waals surface area contributed by atoms with Crippen molar-refractivity contribution in [2.75, 3.05) is 6.61 Å². The van der Waals surface area contributed by atoms with Crippen molar-refractivity contribution >= 4 is 5.91 Å². The quantitative estimate of drug-likeness (QED) is 0.852. The van der Waals surface area contributed by atoms with Crippen LogP contribution in [0.4, 0.5) is 4.39 Å². The minimum atomic E-state index is -0.731. The van der Waals surface area contributed by atoms with E-state index in [4.69, 9.17) is 10.5 Å². The molecule has 1 heterocycles. The van der Waals surface area contributed by atoms with Gasteiger partial charge in [-0.2, -0.15) is 15.4 Å². The summed E-state index contributed by atoms with van der Waals surface area (Å²) in [4.78, 5) is 11.2. The molecule has 1 aromatic carbocycles. The molecule has 0 aliphatic heterocycles. The van der Waals surface area contributed by atoms with Crippen molar-refractivity contribution in [1.29, 1.82) is 0 Å². The number of aromatic nitrogens is 3. The van der Waals surface area contributed by atoms with Crippen LogP contribution in [0.3, 0.4) is 0 Å². The molecule has 0 radical (unpaired) electrons. The Morgan fingerprint density at radius 3 is 2.81 bits per heavy atom. The van der Waals surface area contributed by atoms with Gasteiger partial charge in [0.05, 0.1) is 6.61 Å². The summed E-state index contributed by atoms with van der Waals surface area (Å²) in [5, 5.41) is 9.81. The van der Waals surface area contributed by atoms with Gasteiger partial charge in [-0.3, -0.25) is 4.79 Å². The number of nitrogens with one attached hydrogen (secondary N) is 1. The van der Waals surface area contributed by atoms with Crippen LogP contribution in [-0.4, -0.2) is 27.9 Å². The van der Waals surface area contributed by atoms with Crippen molar-refractivity contribution in [1.82, 2.24) is 15.4 Å². The number of primary amides is 1. The van der Waals surface area contributed by atoms with Gasteiger partial charge in [0.1, 0.15) is 17.3 Å². The van der Waals surface area contributed by atoms with Gasteiger partial charge in [-0.25, -0.2) is 4.39 Å². The molecule has 6 nitrogen and oxygen atoms in total. The monoisotopic (exact) mass is 292 g/mol. The lowest BCUT2D eigenvalue weighted by molar-refractivity contribution is 0.0996. The van der Waals surface area contributed by atoms with Crippen LogP contribution in [0.5, 0.6) is 5.75 Å². The molecule has 1 amide bonds. The number of carbonyl (C=O) groups is 1. The van der Waals surface area contributed by atoms with Gasteiger partial charge in [0.2, 0.25) is 0 Å². The molecule has 0 aliphatic rings. The van der Waals surface area contributed by atoms with E-state index in [1.165, 1.54) is 12.1 Å². The number of benzene rings is 1. The summed E-state index contributed by atoms with van der Waals surface area (Å²) in [6.45, 7) is 4.64. The third kappa shape index (κ3) is 3.77. The minimum absolute atomic E-state index is 0.0336. The Bertz CT molecular complexity index is 640. The van der Waals surface area contributed by atoms with E-state index in [1.807, 2.05) is 0 Å². The van der Waals surface area contributed by atoms with Crippen molar-refractivity contribution in [2.24, 2.45) is 11.7 Å². The van der Waals surface area contributed by atoms with E-state index in [2.05, 4.69) is 29.3 Å². The fourth-order valence-corrected chi connectivity index (χ4v) is 1.80. The second kappa shape index (κ2) is 6.34. The molecule has 21 heavy (non-hydrogen) atoms. The van der Waals surface area contributed by atoms with Crippen LogP contribution in [-0.2, 0) is 0 Å². The molecule has 0 atom stereocenters. The van der Waals surface area contributed by atoms with E-state index >= 15 is 0 Å². The number of nitrogens with two attached hydrogens (primary N) is 1. The van der Waals surface area contributed by atoms with Crippen LogP contribution in [0.15, 0.2) is 18.2 Å². The molecular formula is C14H17FN4O2. The molecule has 0 fully saturated rings. The van der Waals surface area contributed by atoms with Crippen molar-refractivity contribution in [3.8, 4) is 17.0 Å².